The van der Waals surface area contributed by atoms with E-state index in [1.165, 1.54) is 12.8 Å². The van der Waals surface area contributed by atoms with Gasteiger partial charge in [-0.2, -0.15) is 0 Å². The minimum atomic E-state index is 0.221. The minimum Gasteiger partial charge on any atom is -0.312 e. The van der Waals surface area contributed by atoms with Crippen LogP contribution < -0.4 is 5.32 Å². The van der Waals surface area contributed by atoms with Crippen LogP contribution in [0.3, 0.4) is 0 Å². The summed E-state index contributed by atoms with van der Waals surface area (Å²) in [7, 11) is 0. The predicted octanol–water partition coefficient (Wildman–Crippen LogP) is 2.84. The zero-order valence-electron chi connectivity index (χ0n) is 10.9. The maximum absolute atomic E-state index is 5.86. The first kappa shape index (κ1) is 14.0. The molecule has 1 aliphatic rings. The first-order valence-corrected chi connectivity index (χ1v) is 6.55. The Morgan fingerprint density at radius 2 is 2.19 bits per heavy atom. The van der Waals surface area contributed by atoms with E-state index in [-0.39, 0.29) is 5.54 Å². The Hall–Kier alpha value is -0.0500. The molecule has 0 radical (unpaired) electrons. The van der Waals surface area contributed by atoms with E-state index in [1.54, 1.807) is 0 Å². The molecule has 1 rings (SSSR count). The van der Waals surface area contributed by atoms with Gasteiger partial charge < -0.3 is 5.32 Å². The van der Waals surface area contributed by atoms with Crippen molar-refractivity contribution in [1.29, 1.82) is 0 Å². The minimum absolute atomic E-state index is 0.221. The van der Waals surface area contributed by atoms with Crippen molar-refractivity contribution in [2.75, 3.05) is 26.2 Å². The van der Waals surface area contributed by atoms with Crippen molar-refractivity contribution < 1.29 is 0 Å². The average Bonchev–Trinajstić information content (AvgIpc) is 2.13. The van der Waals surface area contributed by atoms with E-state index >= 15 is 0 Å². The van der Waals surface area contributed by atoms with E-state index in [0.717, 1.165) is 37.1 Å². The Bertz CT molecular complexity index is 233. The lowest BCUT2D eigenvalue weighted by Crippen LogP contribution is -2.44. The van der Waals surface area contributed by atoms with Crippen molar-refractivity contribution in [2.45, 2.75) is 39.2 Å². The standard InChI is InChI=1S/C13H25ClN2/c1-11(14)9-16-7-5-6-12(10-16)8-15-13(2,3)4/h12,15H,1,5-10H2,2-4H3. The van der Waals surface area contributed by atoms with Gasteiger partial charge in [0.25, 0.3) is 0 Å². The van der Waals surface area contributed by atoms with E-state index in [4.69, 9.17) is 11.6 Å². The van der Waals surface area contributed by atoms with Crippen LogP contribution in [0.2, 0.25) is 0 Å². The van der Waals surface area contributed by atoms with E-state index in [2.05, 4.69) is 37.6 Å². The van der Waals surface area contributed by atoms with Crippen molar-refractivity contribution in [1.82, 2.24) is 10.2 Å². The summed E-state index contributed by atoms with van der Waals surface area (Å²) in [5.74, 6) is 0.754. The van der Waals surface area contributed by atoms with Gasteiger partial charge in [-0.05, 0) is 52.6 Å². The quantitative estimate of drug-likeness (QED) is 0.818. The fourth-order valence-corrected chi connectivity index (χ4v) is 2.32. The molecule has 0 aliphatic carbocycles. The van der Waals surface area contributed by atoms with Crippen LogP contribution >= 0.6 is 11.6 Å². The van der Waals surface area contributed by atoms with Crippen molar-refractivity contribution >= 4 is 11.6 Å². The number of likely N-dealkylation sites (tertiary alicyclic amines) is 1. The molecule has 3 heteroatoms. The van der Waals surface area contributed by atoms with Crippen LogP contribution in [0.5, 0.6) is 0 Å². The highest BCUT2D eigenvalue weighted by atomic mass is 35.5. The van der Waals surface area contributed by atoms with Crippen molar-refractivity contribution in [3.05, 3.63) is 11.6 Å². The molecule has 1 N–H and O–H groups in total. The van der Waals surface area contributed by atoms with Crippen molar-refractivity contribution in [3.8, 4) is 0 Å². The third kappa shape index (κ3) is 5.88. The van der Waals surface area contributed by atoms with Crippen molar-refractivity contribution in [2.24, 2.45) is 5.92 Å². The summed E-state index contributed by atoms with van der Waals surface area (Å²) < 4.78 is 0. The highest BCUT2D eigenvalue weighted by molar-refractivity contribution is 6.29. The summed E-state index contributed by atoms with van der Waals surface area (Å²) in [5.41, 5.74) is 0.221. The summed E-state index contributed by atoms with van der Waals surface area (Å²) in [4.78, 5) is 2.41. The van der Waals surface area contributed by atoms with Crippen molar-refractivity contribution in [3.63, 3.8) is 0 Å². The second-order valence-electron chi connectivity index (χ2n) is 5.89. The smallest absolute Gasteiger partial charge is 0.0335 e. The number of piperidine rings is 1. The first-order chi connectivity index (χ1) is 7.37. The molecule has 1 unspecified atom stereocenters. The van der Waals surface area contributed by atoms with Crippen LogP contribution in [0.15, 0.2) is 11.6 Å². The number of hydrogen-bond donors (Lipinski definition) is 1. The lowest BCUT2D eigenvalue weighted by molar-refractivity contribution is 0.180. The molecular weight excluding hydrogens is 220 g/mol. The molecule has 94 valence electrons. The van der Waals surface area contributed by atoms with Gasteiger partial charge in [0, 0.05) is 23.7 Å². The first-order valence-electron chi connectivity index (χ1n) is 6.17. The normalized spacial score (nSPS) is 23.4. The number of hydrogen-bond acceptors (Lipinski definition) is 2. The maximum atomic E-state index is 5.86. The van der Waals surface area contributed by atoms with Crippen LogP contribution in [0.1, 0.15) is 33.6 Å². The van der Waals surface area contributed by atoms with Gasteiger partial charge in [0.05, 0.1) is 0 Å². The van der Waals surface area contributed by atoms with E-state index in [0.29, 0.717) is 0 Å². The Morgan fingerprint density at radius 1 is 1.50 bits per heavy atom. The van der Waals surface area contributed by atoms with Gasteiger partial charge in [-0.25, -0.2) is 0 Å². The van der Waals surface area contributed by atoms with Crippen LogP contribution in [0.4, 0.5) is 0 Å². The Balaban J connectivity index is 2.30. The third-order valence-corrected chi connectivity index (χ3v) is 3.04. The lowest BCUT2D eigenvalue weighted by Gasteiger charge is -2.34. The molecule has 1 saturated heterocycles. The maximum Gasteiger partial charge on any atom is 0.0335 e. The van der Waals surface area contributed by atoms with E-state index < -0.39 is 0 Å². The monoisotopic (exact) mass is 244 g/mol. The second kappa shape index (κ2) is 6.04. The topological polar surface area (TPSA) is 15.3 Å². The van der Waals surface area contributed by atoms with Crippen LogP contribution in [0, 0.1) is 5.92 Å². The second-order valence-corrected chi connectivity index (χ2v) is 6.43. The zero-order valence-corrected chi connectivity index (χ0v) is 11.6. The molecule has 2 nitrogen and oxygen atoms in total. The molecule has 1 heterocycles. The van der Waals surface area contributed by atoms with E-state index in [9.17, 15) is 0 Å². The molecule has 1 fully saturated rings. The summed E-state index contributed by atoms with van der Waals surface area (Å²) >= 11 is 5.86. The third-order valence-electron chi connectivity index (χ3n) is 2.92. The lowest BCUT2D eigenvalue weighted by atomic mass is 9.96. The molecule has 0 aromatic heterocycles. The van der Waals surface area contributed by atoms with Gasteiger partial charge in [0.15, 0.2) is 0 Å². The Kier molecular flexibility index (Phi) is 5.29. The number of nitrogens with one attached hydrogen (secondary N) is 1. The Morgan fingerprint density at radius 3 is 2.75 bits per heavy atom. The molecule has 0 bridgehead atoms. The summed E-state index contributed by atoms with van der Waals surface area (Å²) in [5, 5.41) is 4.34. The van der Waals surface area contributed by atoms with Gasteiger partial charge in [-0.15, -0.1) is 0 Å². The molecule has 0 saturated carbocycles. The fraction of sp³-hybridized carbons (Fsp3) is 0.846. The fourth-order valence-electron chi connectivity index (χ4n) is 2.15. The summed E-state index contributed by atoms with van der Waals surface area (Å²) in [6.45, 7) is 14.7. The van der Waals surface area contributed by atoms with Crippen LogP contribution in [-0.4, -0.2) is 36.6 Å². The molecule has 16 heavy (non-hydrogen) atoms. The molecule has 0 aromatic carbocycles. The molecule has 1 aliphatic heterocycles. The van der Waals surface area contributed by atoms with Gasteiger partial charge in [-0.1, -0.05) is 18.2 Å². The largest absolute Gasteiger partial charge is 0.312 e. The molecule has 0 amide bonds. The van der Waals surface area contributed by atoms with E-state index in [1.807, 2.05) is 0 Å². The average molecular weight is 245 g/mol. The number of rotatable bonds is 4. The van der Waals surface area contributed by atoms with Gasteiger partial charge in [0.1, 0.15) is 0 Å². The number of nitrogens with zero attached hydrogens (tertiary/aromatic N) is 1. The highest BCUT2D eigenvalue weighted by Crippen LogP contribution is 2.18. The van der Waals surface area contributed by atoms with Crippen LogP contribution in [-0.2, 0) is 0 Å². The SMILES string of the molecule is C=C(Cl)CN1CCCC(CNC(C)(C)C)C1. The van der Waals surface area contributed by atoms with Gasteiger partial charge >= 0.3 is 0 Å². The van der Waals surface area contributed by atoms with Crippen LogP contribution in [0.25, 0.3) is 0 Å². The molecule has 0 spiro atoms. The summed E-state index contributed by atoms with van der Waals surface area (Å²) in [6, 6.07) is 0. The summed E-state index contributed by atoms with van der Waals surface area (Å²) in [6.07, 6.45) is 2.61. The number of halogens is 1. The predicted molar refractivity (Wildman–Crippen MR) is 71.9 cm³/mol. The van der Waals surface area contributed by atoms with Gasteiger partial charge in [0.2, 0.25) is 0 Å². The van der Waals surface area contributed by atoms with Gasteiger partial charge in [-0.3, -0.25) is 4.90 Å². The zero-order chi connectivity index (χ0) is 12.2. The Labute approximate surface area is 105 Å². The molecule has 1 atom stereocenters. The molecule has 0 aromatic rings. The highest BCUT2D eigenvalue weighted by Gasteiger charge is 2.21. The molecular formula is C13H25ClN2.